The molecule has 2 atom stereocenters. The number of aliphatic hydroxyl groups excluding tert-OH is 1. The van der Waals surface area contributed by atoms with Crippen LogP contribution in [0.5, 0.6) is 0 Å². The Morgan fingerprint density at radius 3 is 2.40 bits per heavy atom. The molecule has 1 N–H and O–H groups in total. The van der Waals surface area contributed by atoms with E-state index in [4.69, 9.17) is 0 Å². The van der Waals surface area contributed by atoms with E-state index in [9.17, 15) is 5.11 Å². The Labute approximate surface area is 100 Å². The zero-order chi connectivity index (χ0) is 11.4. The molecule has 0 aromatic heterocycles. The molecule has 0 aliphatic heterocycles. The second kappa shape index (κ2) is 5.64. The summed E-state index contributed by atoms with van der Waals surface area (Å²) < 4.78 is 1.10. The molecule has 1 rings (SSSR count). The van der Waals surface area contributed by atoms with Crippen molar-refractivity contribution in [2.24, 2.45) is 5.92 Å². The van der Waals surface area contributed by atoms with E-state index < -0.39 is 0 Å². The van der Waals surface area contributed by atoms with Gasteiger partial charge in [0.15, 0.2) is 0 Å². The summed E-state index contributed by atoms with van der Waals surface area (Å²) in [7, 11) is 4.08. The molecule has 0 fully saturated rings. The van der Waals surface area contributed by atoms with Gasteiger partial charge in [-0.1, -0.05) is 41.1 Å². The highest BCUT2D eigenvalue weighted by molar-refractivity contribution is 9.10. The van der Waals surface area contributed by atoms with E-state index in [0.29, 0.717) is 0 Å². The molecule has 0 saturated carbocycles. The van der Waals surface area contributed by atoms with Gasteiger partial charge in [-0.25, -0.2) is 0 Å². The standard InChI is InChI=1S/C12H18BrNO/c1-9(8-15)12(14(2)3)10-6-4-5-7-11(10)13/h4-7,9,12,15H,8H2,1-3H3. The fraction of sp³-hybridized carbons (Fsp3) is 0.500. The number of halogens is 1. The molecule has 2 unspecified atom stereocenters. The van der Waals surface area contributed by atoms with Crippen LogP contribution in [0.4, 0.5) is 0 Å². The third-order valence-electron chi connectivity index (χ3n) is 2.61. The number of nitrogens with zero attached hydrogens (tertiary/aromatic N) is 1. The van der Waals surface area contributed by atoms with Crippen LogP contribution in [0.1, 0.15) is 18.5 Å². The van der Waals surface area contributed by atoms with Crippen LogP contribution < -0.4 is 0 Å². The van der Waals surface area contributed by atoms with Crippen LogP contribution in [0, 0.1) is 5.92 Å². The van der Waals surface area contributed by atoms with Gasteiger partial charge in [-0.05, 0) is 31.6 Å². The minimum absolute atomic E-state index is 0.199. The van der Waals surface area contributed by atoms with Gasteiger partial charge in [-0.15, -0.1) is 0 Å². The van der Waals surface area contributed by atoms with Crippen LogP contribution in [-0.2, 0) is 0 Å². The third-order valence-corrected chi connectivity index (χ3v) is 3.33. The maximum Gasteiger partial charge on any atom is 0.0474 e. The smallest absolute Gasteiger partial charge is 0.0474 e. The van der Waals surface area contributed by atoms with Crippen LogP contribution in [0.2, 0.25) is 0 Å². The zero-order valence-electron chi connectivity index (χ0n) is 9.44. The van der Waals surface area contributed by atoms with Gasteiger partial charge in [0.25, 0.3) is 0 Å². The number of hydrogen-bond donors (Lipinski definition) is 1. The van der Waals surface area contributed by atoms with Crippen molar-refractivity contribution in [2.75, 3.05) is 20.7 Å². The molecule has 0 heterocycles. The molecule has 1 aromatic rings. The normalized spacial score (nSPS) is 15.3. The molecule has 15 heavy (non-hydrogen) atoms. The molecule has 3 heteroatoms. The number of hydrogen-bond acceptors (Lipinski definition) is 2. The van der Waals surface area contributed by atoms with Gasteiger partial charge in [0.2, 0.25) is 0 Å². The first-order valence-electron chi connectivity index (χ1n) is 5.09. The summed E-state index contributed by atoms with van der Waals surface area (Å²) in [5.41, 5.74) is 1.23. The maximum atomic E-state index is 9.26. The Kier molecular flexibility index (Phi) is 4.77. The van der Waals surface area contributed by atoms with Crippen molar-refractivity contribution in [3.63, 3.8) is 0 Å². The lowest BCUT2D eigenvalue weighted by Gasteiger charge is -2.30. The van der Waals surface area contributed by atoms with E-state index in [2.05, 4.69) is 33.8 Å². The Balaban J connectivity index is 3.04. The maximum absolute atomic E-state index is 9.26. The molecule has 84 valence electrons. The fourth-order valence-electron chi connectivity index (χ4n) is 1.91. The van der Waals surface area contributed by atoms with Crippen molar-refractivity contribution in [3.05, 3.63) is 34.3 Å². The molecular weight excluding hydrogens is 254 g/mol. The third kappa shape index (κ3) is 3.03. The summed E-state index contributed by atoms with van der Waals surface area (Å²) in [6, 6.07) is 8.41. The van der Waals surface area contributed by atoms with E-state index in [1.807, 2.05) is 32.3 Å². The van der Waals surface area contributed by atoms with Gasteiger partial charge < -0.3 is 10.0 Å². The predicted octanol–water partition coefficient (Wildman–Crippen LogP) is 2.68. The highest BCUT2D eigenvalue weighted by Gasteiger charge is 2.22. The molecule has 0 saturated heterocycles. The predicted molar refractivity (Wildman–Crippen MR) is 66.8 cm³/mol. The van der Waals surface area contributed by atoms with Crippen molar-refractivity contribution in [1.29, 1.82) is 0 Å². The summed E-state index contributed by atoms with van der Waals surface area (Å²) in [4.78, 5) is 2.14. The Morgan fingerprint density at radius 1 is 1.33 bits per heavy atom. The number of aliphatic hydroxyl groups is 1. The monoisotopic (exact) mass is 271 g/mol. The van der Waals surface area contributed by atoms with E-state index in [1.54, 1.807) is 0 Å². The second-order valence-electron chi connectivity index (χ2n) is 4.09. The topological polar surface area (TPSA) is 23.5 Å². The van der Waals surface area contributed by atoms with E-state index >= 15 is 0 Å². The van der Waals surface area contributed by atoms with Gasteiger partial charge in [-0.2, -0.15) is 0 Å². The van der Waals surface area contributed by atoms with E-state index in [-0.39, 0.29) is 18.6 Å². The van der Waals surface area contributed by atoms with Crippen molar-refractivity contribution in [2.45, 2.75) is 13.0 Å². The Hall–Kier alpha value is -0.380. The van der Waals surface area contributed by atoms with Gasteiger partial charge in [-0.3, -0.25) is 0 Å². The highest BCUT2D eigenvalue weighted by Crippen LogP contribution is 2.31. The molecular formula is C12H18BrNO. The lowest BCUT2D eigenvalue weighted by Crippen LogP contribution is -2.28. The highest BCUT2D eigenvalue weighted by atomic mass is 79.9. The SMILES string of the molecule is CC(CO)C(c1ccccc1Br)N(C)C. The molecule has 1 aromatic carbocycles. The van der Waals surface area contributed by atoms with Gasteiger partial charge in [0, 0.05) is 17.1 Å². The minimum Gasteiger partial charge on any atom is -0.396 e. The average molecular weight is 272 g/mol. The van der Waals surface area contributed by atoms with Crippen LogP contribution in [0.25, 0.3) is 0 Å². The van der Waals surface area contributed by atoms with E-state index in [0.717, 1.165) is 4.47 Å². The van der Waals surface area contributed by atoms with Crippen LogP contribution in [0.3, 0.4) is 0 Å². The molecule has 0 spiro atoms. The summed E-state index contributed by atoms with van der Waals surface area (Å²) in [5, 5.41) is 9.26. The first-order valence-corrected chi connectivity index (χ1v) is 5.89. The molecule has 0 radical (unpaired) electrons. The van der Waals surface area contributed by atoms with Crippen LogP contribution in [0.15, 0.2) is 28.7 Å². The Morgan fingerprint density at radius 2 is 1.93 bits per heavy atom. The fourth-order valence-corrected chi connectivity index (χ4v) is 2.43. The molecule has 0 amide bonds. The van der Waals surface area contributed by atoms with Gasteiger partial charge >= 0.3 is 0 Å². The summed E-state index contributed by atoms with van der Waals surface area (Å²) in [6.07, 6.45) is 0. The molecule has 2 nitrogen and oxygen atoms in total. The first-order chi connectivity index (χ1) is 7.07. The number of rotatable bonds is 4. The summed E-state index contributed by atoms with van der Waals surface area (Å²) in [6.45, 7) is 2.26. The minimum atomic E-state index is 0.199. The van der Waals surface area contributed by atoms with Gasteiger partial charge in [0.1, 0.15) is 0 Å². The largest absolute Gasteiger partial charge is 0.396 e. The van der Waals surface area contributed by atoms with Crippen molar-refractivity contribution < 1.29 is 5.11 Å². The second-order valence-corrected chi connectivity index (χ2v) is 4.94. The number of benzene rings is 1. The van der Waals surface area contributed by atoms with Crippen molar-refractivity contribution >= 4 is 15.9 Å². The lowest BCUT2D eigenvalue weighted by molar-refractivity contribution is 0.145. The van der Waals surface area contributed by atoms with Crippen molar-refractivity contribution in [1.82, 2.24) is 4.90 Å². The summed E-state index contributed by atoms with van der Waals surface area (Å²) in [5.74, 6) is 0.221. The quantitative estimate of drug-likeness (QED) is 0.911. The zero-order valence-corrected chi connectivity index (χ0v) is 11.0. The molecule has 0 aliphatic carbocycles. The average Bonchev–Trinajstić information content (AvgIpc) is 2.20. The van der Waals surface area contributed by atoms with Crippen LogP contribution >= 0.6 is 15.9 Å². The molecule has 0 bridgehead atoms. The summed E-state index contributed by atoms with van der Waals surface area (Å²) >= 11 is 3.55. The van der Waals surface area contributed by atoms with Crippen LogP contribution in [-0.4, -0.2) is 30.7 Å². The Bertz CT molecular complexity index is 314. The van der Waals surface area contributed by atoms with E-state index in [1.165, 1.54) is 5.56 Å². The van der Waals surface area contributed by atoms with Crippen molar-refractivity contribution in [3.8, 4) is 0 Å². The first kappa shape index (κ1) is 12.7. The molecule has 0 aliphatic rings. The van der Waals surface area contributed by atoms with Gasteiger partial charge in [0.05, 0.1) is 0 Å². The lowest BCUT2D eigenvalue weighted by atomic mass is 9.94.